The van der Waals surface area contributed by atoms with Crippen molar-refractivity contribution >= 4 is 11.9 Å². The highest BCUT2D eigenvalue weighted by atomic mass is 19.2. The van der Waals surface area contributed by atoms with Crippen LogP contribution in [0.4, 0.5) is 8.78 Å². The topological polar surface area (TPSA) is 66.4 Å². The number of rotatable bonds is 5. The van der Waals surface area contributed by atoms with Crippen molar-refractivity contribution in [3.63, 3.8) is 0 Å². The summed E-state index contributed by atoms with van der Waals surface area (Å²) in [5.41, 5.74) is -0.756. The van der Waals surface area contributed by atoms with Gasteiger partial charge in [0.1, 0.15) is 0 Å². The summed E-state index contributed by atoms with van der Waals surface area (Å²) in [6.45, 7) is 2.92. The summed E-state index contributed by atoms with van der Waals surface area (Å²) >= 11 is 0. The number of hydrogen-bond acceptors (Lipinski definition) is 2. The molecule has 104 valence electrons. The van der Waals surface area contributed by atoms with Crippen LogP contribution in [0.1, 0.15) is 19.4 Å². The van der Waals surface area contributed by atoms with Crippen molar-refractivity contribution < 1.29 is 23.5 Å². The quantitative estimate of drug-likeness (QED) is 0.857. The maximum Gasteiger partial charge on any atom is 0.310 e. The molecule has 0 aliphatic rings. The van der Waals surface area contributed by atoms with Gasteiger partial charge >= 0.3 is 5.97 Å². The summed E-state index contributed by atoms with van der Waals surface area (Å²) in [6, 6.07) is 3.19. The van der Waals surface area contributed by atoms with Crippen molar-refractivity contribution in [1.82, 2.24) is 5.32 Å². The number of aliphatic carboxylic acids is 1. The summed E-state index contributed by atoms with van der Waals surface area (Å²) in [6.07, 6.45) is -0.132. The van der Waals surface area contributed by atoms with Crippen molar-refractivity contribution in [2.75, 3.05) is 6.54 Å². The molecule has 1 aromatic rings. The van der Waals surface area contributed by atoms with E-state index < -0.39 is 28.9 Å². The highest BCUT2D eigenvalue weighted by Crippen LogP contribution is 2.13. The normalized spacial score (nSPS) is 11.2. The molecular weight excluding hydrogens is 256 g/mol. The predicted octanol–water partition coefficient (Wildman–Crippen LogP) is 1.73. The van der Waals surface area contributed by atoms with E-state index >= 15 is 0 Å². The Balaban J connectivity index is 2.56. The lowest BCUT2D eigenvalue weighted by molar-refractivity contribution is -0.146. The maximum atomic E-state index is 12.9. The molecule has 0 unspecified atom stereocenters. The van der Waals surface area contributed by atoms with E-state index in [1.807, 2.05) is 0 Å². The van der Waals surface area contributed by atoms with E-state index in [0.717, 1.165) is 12.1 Å². The van der Waals surface area contributed by atoms with Gasteiger partial charge in [-0.15, -0.1) is 0 Å². The van der Waals surface area contributed by atoms with Crippen LogP contribution in [-0.4, -0.2) is 23.5 Å². The average Bonchev–Trinajstić information content (AvgIpc) is 2.31. The van der Waals surface area contributed by atoms with Gasteiger partial charge in [0.25, 0.3) is 0 Å². The first-order valence-electron chi connectivity index (χ1n) is 5.66. The molecule has 0 radical (unpaired) electrons. The number of hydrogen-bond donors (Lipinski definition) is 2. The molecule has 6 heteroatoms. The van der Waals surface area contributed by atoms with E-state index in [1.54, 1.807) is 0 Å². The van der Waals surface area contributed by atoms with E-state index in [-0.39, 0.29) is 13.0 Å². The number of nitrogens with one attached hydrogen (secondary N) is 1. The van der Waals surface area contributed by atoms with Crippen molar-refractivity contribution in [3.8, 4) is 0 Å². The standard InChI is InChI=1S/C13H15F2NO3/c1-13(2,12(18)19)7-16-11(17)6-8-3-4-9(14)10(15)5-8/h3-5H,6-7H2,1-2H3,(H,16,17)(H,18,19). The van der Waals surface area contributed by atoms with Crippen LogP contribution in [0.3, 0.4) is 0 Å². The summed E-state index contributed by atoms with van der Waals surface area (Å²) in [5, 5.41) is 11.3. The molecule has 19 heavy (non-hydrogen) atoms. The Hall–Kier alpha value is -1.98. The number of halogens is 2. The van der Waals surface area contributed by atoms with E-state index in [2.05, 4.69) is 5.32 Å². The van der Waals surface area contributed by atoms with Gasteiger partial charge in [-0.3, -0.25) is 9.59 Å². The van der Waals surface area contributed by atoms with Crippen LogP contribution in [0.2, 0.25) is 0 Å². The van der Waals surface area contributed by atoms with E-state index in [1.165, 1.54) is 19.9 Å². The molecular formula is C13H15F2NO3. The van der Waals surface area contributed by atoms with Gasteiger partial charge in [0.05, 0.1) is 11.8 Å². The highest BCUT2D eigenvalue weighted by Gasteiger charge is 2.27. The van der Waals surface area contributed by atoms with E-state index in [4.69, 9.17) is 5.11 Å². The number of amides is 1. The molecule has 1 amide bonds. The van der Waals surface area contributed by atoms with E-state index in [0.29, 0.717) is 5.56 Å². The Morgan fingerprint density at radius 2 is 1.89 bits per heavy atom. The largest absolute Gasteiger partial charge is 0.481 e. The molecule has 1 rings (SSSR count). The summed E-state index contributed by atoms with van der Waals surface area (Å²) in [5.74, 6) is -3.46. The minimum Gasteiger partial charge on any atom is -0.481 e. The lowest BCUT2D eigenvalue weighted by atomic mass is 9.94. The van der Waals surface area contributed by atoms with Crippen LogP contribution in [0.25, 0.3) is 0 Å². The Bertz CT molecular complexity index is 501. The van der Waals surface area contributed by atoms with Crippen LogP contribution >= 0.6 is 0 Å². The second-order valence-electron chi connectivity index (χ2n) is 4.89. The van der Waals surface area contributed by atoms with Crippen LogP contribution in [-0.2, 0) is 16.0 Å². The average molecular weight is 271 g/mol. The summed E-state index contributed by atoms with van der Waals surface area (Å²) < 4.78 is 25.6. The molecule has 0 heterocycles. The third kappa shape index (κ3) is 4.31. The Kier molecular flexibility index (Phi) is 4.58. The van der Waals surface area contributed by atoms with Crippen molar-refractivity contribution in [1.29, 1.82) is 0 Å². The highest BCUT2D eigenvalue weighted by molar-refractivity contribution is 5.80. The maximum absolute atomic E-state index is 12.9. The van der Waals surface area contributed by atoms with Gasteiger partial charge in [-0.2, -0.15) is 0 Å². The minimum atomic E-state index is -1.08. The van der Waals surface area contributed by atoms with Crippen LogP contribution in [0.5, 0.6) is 0 Å². The molecule has 0 aromatic heterocycles. The fraction of sp³-hybridized carbons (Fsp3) is 0.385. The number of carbonyl (C=O) groups excluding carboxylic acids is 1. The Morgan fingerprint density at radius 3 is 2.42 bits per heavy atom. The molecule has 0 fully saturated rings. The van der Waals surface area contributed by atoms with Crippen LogP contribution in [0.15, 0.2) is 18.2 Å². The molecule has 0 aliphatic heterocycles. The zero-order valence-electron chi connectivity index (χ0n) is 10.7. The lowest BCUT2D eigenvalue weighted by Crippen LogP contribution is -2.39. The molecule has 0 saturated carbocycles. The minimum absolute atomic E-state index is 0.0369. The van der Waals surface area contributed by atoms with Crippen LogP contribution < -0.4 is 5.32 Å². The van der Waals surface area contributed by atoms with Gasteiger partial charge in [-0.05, 0) is 31.5 Å². The fourth-order valence-corrected chi connectivity index (χ4v) is 1.29. The first-order chi connectivity index (χ1) is 8.72. The van der Waals surface area contributed by atoms with Gasteiger partial charge in [-0.25, -0.2) is 8.78 Å². The first-order valence-corrected chi connectivity index (χ1v) is 5.66. The zero-order valence-corrected chi connectivity index (χ0v) is 10.7. The van der Waals surface area contributed by atoms with Crippen molar-refractivity contribution in [2.24, 2.45) is 5.41 Å². The number of carbonyl (C=O) groups is 2. The smallest absolute Gasteiger partial charge is 0.310 e. The Labute approximate surface area is 109 Å². The van der Waals surface area contributed by atoms with Gasteiger partial charge in [0, 0.05) is 6.54 Å². The van der Waals surface area contributed by atoms with Crippen LogP contribution in [0, 0.1) is 17.0 Å². The fourth-order valence-electron chi connectivity index (χ4n) is 1.29. The van der Waals surface area contributed by atoms with Gasteiger partial charge < -0.3 is 10.4 Å². The molecule has 1 aromatic carbocycles. The number of carboxylic acid groups (broad SMARTS) is 1. The SMILES string of the molecule is CC(C)(CNC(=O)Cc1ccc(F)c(F)c1)C(=O)O. The van der Waals surface area contributed by atoms with Crippen molar-refractivity contribution in [3.05, 3.63) is 35.4 Å². The first kappa shape index (κ1) is 15.1. The lowest BCUT2D eigenvalue weighted by Gasteiger charge is -2.19. The van der Waals surface area contributed by atoms with Gasteiger partial charge in [-0.1, -0.05) is 6.07 Å². The summed E-state index contributed by atoms with van der Waals surface area (Å²) in [7, 11) is 0. The van der Waals surface area contributed by atoms with Gasteiger partial charge in [0.2, 0.25) is 5.91 Å². The van der Waals surface area contributed by atoms with Gasteiger partial charge in [0.15, 0.2) is 11.6 Å². The molecule has 2 N–H and O–H groups in total. The molecule has 0 atom stereocenters. The second kappa shape index (κ2) is 5.77. The third-order valence-electron chi connectivity index (χ3n) is 2.66. The number of benzene rings is 1. The molecule has 0 spiro atoms. The molecule has 0 aliphatic carbocycles. The molecule has 0 bridgehead atoms. The predicted molar refractivity (Wildman–Crippen MR) is 64.5 cm³/mol. The van der Waals surface area contributed by atoms with E-state index in [9.17, 15) is 18.4 Å². The number of carboxylic acids is 1. The van der Waals surface area contributed by atoms with Crippen molar-refractivity contribution in [2.45, 2.75) is 20.3 Å². The molecule has 0 saturated heterocycles. The Morgan fingerprint density at radius 1 is 1.26 bits per heavy atom. The second-order valence-corrected chi connectivity index (χ2v) is 4.89. The third-order valence-corrected chi connectivity index (χ3v) is 2.66. The molecule has 4 nitrogen and oxygen atoms in total. The monoisotopic (exact) mass is 271 g/mol. The zero-order chi connectivity index (χ0) is 14.6. The summed E-state index contributed by atoms with van der Waals surface area (Å²) in [4.78, 5) is 22.4.